The topological polar surface area (TPSA) is 89.9 Å². The van der Waals surface area contributed by atoms with Crippen LogP contribution < -0.4 is 36.9 Å². The van der Waals surface area contributed by atoms with E-state index in [2.05, 4.69) is 31.3 Å². The van der Waals surface area contributed by atoms with Crippen molar-refractivity contribution in [2.45, 2.75) is 17.9 Å². The Kier molecular flexibility index (Phi) is 5.25. The Hall–Kier alpha value is -3.14. The van der Waals surface area contributed by atoms with E-state index >= 15 is 0 Å². The van der Waals surface area contributed by atoms with Gasteiger partial charge in [0.1, 0.15) is 29.8 Å². The fraction of sp³-hybridized carbons (Fsp3) is 0.407. The first-order valence-corrected chi connectivity index (χ1v) is 13.3. The normalized spacial score (nSPS) is 29.7. The number of piperidine rings is 1. The Labute approximate surface area is 220 Å². The van der Waals surface area contributed by atoms with Crippen molar-refractivity contribution in [1.82, 2.24) is 26.4 Å². The van der Waals surface area contributed by atoms with Gasteiger partial charge in [-0.2, -0.15) is 0 Å². The van der Waals surface area contributed by atoms with Gasteiger partial charge in [-0.25, -0.2) is 9.82 Å². The molecule has 2 aromatic rings. The van der Waals surface area contributed by atoms with Gasteiger partial charge in [-0.05, 0) is 41.5 Å². The van der Waals surface area contributed by atoms with E-state index in [0.29, 0.717) is 30.0 Å². The number of likely N-dealkylation sites (N-methyl/N-ethyl adjacent to an activating group) is 1. The van der Waals surface area contributed by atoms with Gasteiger partial charge in [0.25, 0.3) is 0 Å². The van der Waals surface area contributed by atoms with Gasteiger partial charge < -0.3 is 36.3 Å². The van der Waals surface area contributed by atoms with E-state index in [-0.39, 0.29) is 17.3 Å². The second-order valence-corrected chi connectivity index (χ2v) is 10.9. The molecule has 0 aromatic heterocycles. The van der Waals surface area contributed by atoms with Crippen LogP contribution in [0.25, 0.3) is 0 Å². The summed E-state index contributed by atoms with van der Waals surface area (Å²) < 4.78 is 20.5. The monoisotopic (exact) mass is 523 g/mol. The van der Waals surface area contributed by atoms with Gasteiger partial charge in [0.05, 0.1) is 29.0 Å². The molecule has 6 N–H and O–H groups in total. The minimum atomic E-state index is -0.272. The average Bonchev–Trinajstić information content (AvgIpc) is 3.38. The van der Waals surface area contributed by atoms with Gasteiger partial charge >= 0.3 is 0 Å². The first-order valence-electron chi connectivity index (χ1n) is 12.9. The lowest BCUT2D eigenvalue weighted by molar-refractivity contribution is 0.257. The molecule has 1 unspecified atom stereocenters. The largest absolute Gasteiger partial charge is 0.490 e. The third-order valence-electron chi connectivity index (χ3n) is 8.88. The molecule has 0 amide bonds. The molecule has 194 valence electrons. The molecule has 37 heavy (non-hydrogen) atoms. The predicted molar refractivity (Wildman–Crippen MR) is 141 cm³/mol. The Morgan fingerprint density at radius 1 is 1.19 bits per heavy atom. The van der Waals surface area contributed by atoms with E-state index in [0.717, 1.165) is 66.0 Å². The summed E-state index contributed by atoms with van der Waals surface area (Å²) in [5.41, 5.74) is 16.3. The molecule has 5 aliphatic rings. The van der Waals surface area contributed by atoms with E-state index in [4.69, 9.17) is 22.1 Å². The van der Waals surface area contributed by atoms with Crippen LogP contribution in [0.15, 0.2) is 59.9 Å². The molecule has 0 radical (unpaired) electrons. The Morgan fingerprint density at radius 2 is 2.05 bits per heavy atom. The number of hydrazine groups is 1. The molecule has 0 bridgehead atoms. The molecule has 10 heteroatoms. The fourth-order valence-corrected chi connectivity index (χ4v) is 7.31. The second kappa shape index (κ2) is 8.44. The Morgan fingerprint density at radius 3 is 2.89 bits per heavy atom. The standard InChI is InChI=1S/C27H31ClFN7O/c1-35-10-11-37-20-7-6-15(22(28)25(20)35)23-24-26(34-33-23)32-21(12-31-24)36-9-8-16-18(13-36)27(16,14-30)17-4-2-3-5-19(17)29/h2-7,12,16,18,23,31-34H,8-11,13-14,30H2,1H3/t16-,18+,23?,27-/m1/s1. The van der Waals surface area contributed by atoms with E-state index in [1.54, 1.807) is 12.1 Å². The van der Waals surface area contributed by atoms with Crippen molar-refractivity contribution >= 4 is 17.3 Å². The van der Waals surface area contributed by atoms with Crippen molar-refractivity contribution in [2.24, 2.45) is 17.6 Å². The summed E-state index contributed by atoms with van der Waals surface area (Å²) >= 11 is 6.89. The Bertz CT molecular complexity index is 1330. The third kappa shape index (κ3) is 3.34. The second-order valence-electron chi connectivity index (χ2n) is 10.5. The zero-order valence-electron chi connectivity index (χ0n) is 20.7. The lowest BCUT2D eigenvalue weighted by Crippen LogP contribution is -2.42. The number of hydrogen-bond donors (Lipinski definition) is 5. The third-order valence-corrected chi connectivity index (χ3v) is 9.28. The first kappa shape index (κ1) is 23.0. The number of anilines is 1. The molecule has 7 rings (SSSR count). The van der Waals surface area contributed by atoms with Crippen LogP contribution in [-0.2, 0) is 5.41 Å². The van der Waals surface area contributed by atoms with Crippen LogP contribution in [0.3, 0.4) is 0 Å². The summed E-state index contributed by atoms with van der Waals surface area (Å²) in [6, 6.07) is 11.0. The van der Waals surface area contributed by atoms with Gasteiger partial charge in [0.2, 0.25) is 0 Å². The van der Waals surface area contributed by atoms with Crippen molar-refractivity contribution in [3.8, 4) is 5.75 Å². The molecule has 1 aliphatic carbocycles. The number of halogens is 2. The molecular formula is C27H31ClFN7O. The van der Waals surface area contributed by atoms with Crippen LogP contribution in [0, 0.1) is 17.7 Å². The van der Waals surface area contributed by atoms with Crippen LogP contribution in [0.4, 0.5) is 10.1 Å². The molecule has 1 saturated carbocycles. The average molecular weight is 524 g/mol. The lowest BCUT2D eigenvalue weighted by Gasteiger charge is -2.33. The number of rotatable bonds is 4. The van der Waals surface area contributed by atoms with Gasteiger partial charge in [-0.1, -0.05) is 35.9 Å². The van der Waals surface area contributed by atoms with Crippen LogP contribution in [0.5, 0.6) is 5.75 Å². The molecular weight excluding hydrogens is 493 g/mol. The number of nitrogens with zero attached hydrogens (tertiary/aromatic N) is 2. The van der Waals surface area contributed by atoms with Crippen molar-refractivity contribution in [3.63, 3.8) is 0 Å². The summed E-state index contributed by atoms with van der Waals surface area (Å²) in [6.45, 7) is 3.64. The molecule has 2 aromatic carbocycles. The highest BCUT2D eigenvalue weighted by molar-refractivity contribution is 6.34. The molecule has 8 nitrogen and oxygen atoms in total. The van der Waals surface area contributed by atoms with Crippen LogP contribution >= 0.6 is 11.6 Å². The predicted octanol–water partition coefficient (Wildman–Crippen LogP) is 2.47. The number of ether oxygens (including phenoxy) is 1. The quantitative estimate of drug-likeness (QED) is 0.418. The van der Waals surface area contributed by atoms with E-state index in [9.17, 15) is 4.39 Å². The van der Waals surface area contributed by atoms with Crippen LogP contribution in [0.1, 0.15) is 23.6 Å². The van der Waals surface area contributed by atoms with Gasteiger partial charge in [-0.3, -0.25) is 0 Å². The number of likely N-dealkylation sites (tertiary alicyclic amines) is 1. The zero-order valence-corrected chi connectivity index (χ0v) is 21.4. The number of nitrogens with two attached hydrogens (primary N) is 1. The number of nitrogens with one attached hydrogen (secondary N) is 4. The maximum absolute atomic E-state index is 14.7. The maximum atomic E-state index is 14.7. The number of hydrogen-bond acceptors (Lipinski definition) is 8. The molecule has 4 aliphatic heterocycles. The lowest BCUT2D eigenvalue weighted by atomic mass is 9.91. The highest BCUT2D eigenvalue weighted by Gasteiger charge is 2.66. The fourth-order valence-electron chi connectivity index (χ4n) is 6.90. The maximum Gasteiger partial charge on any atom is 0.144 e. The minimum absolute atomic E-state index is 0.145. The molecule has 1 saturated heterocycles. The minimum Gasteiger partial charge on any atom is -0.490 e. The molecule has 4 atom stereocenters. The smallest absolute Gasteiger partial charge is 0.144 e. The number of benzene rings is 2. The van der Waals surface area contributed by atoms with Crippen molar-refractivity contribution in [1.29, 1.82) is 0 Å². The molecule has 0 spiro atoms. The molecule has 4 heterocycles. The SMILES string of the molecule is CN1CCOc2ccc(C3NNC4=C3NC=C(N3CC[C@@H]5[C@H](C3)[C@@]5(CN)c3ccccc3F)N4)c(Cl)c21. The summed E-state index contributed by atoms with van der Waals surface area (Å²) in [5, 5.41) is 7.74. The highest BCUT2D eigenvalue weighted by atomic mass is 35.5. The summed E-state index contributed by atoms with van der Waals surface area (Å²) in [5.74, 6) is 3.28. The van der Waals surface area contributed by atoms with Gasteiger partial charge in [-0.15, -0.1) is 0 Å². The van der Waals surface area contributed by atoms with Gasteiger partial charge in [0, 0.05) is 38.3 Å². The summed E-state index contributed by atoms with van der Waals surface area (Å²) in [7, 11) is 2.03. The first-order chi connectivity index (χ1) is 18.0. The van der Waals surface area contributed by atoms with Crippen molar-refractivity contribution in [2.75, 3.05) is 44.7 Å². The Balaban J connectivity index is 1.09. The highest BCUT2D eigenvalue weighted by Crippen LogP contribution is 2.63. The summed E-state index contributed by atoms with van der Waals surface area (Å²) in [6.07, 6.45) is 2.99. The molecule has 2 fully saturated rings. The van der Waals surface area contributed by atoms with Crippen LogP contribution in [-0.4, -0.2) is 44.7 Å². The van der Waals surface area contributed by atoms with Gasteiger partial charge in [0.15, 0.2) is 0 Å². The van der Waals surface area contributed by atoms with E-state index in [1.165, 1.54) is 0 Å². The number of fused-ring (bicyclic) bond motifs is 2. The summed E-state index contributed by atoms with van der Waals surface area (Å²) in [4.78, 5) is 4.47. The van der Waals surface area contributed by atoms with Crippen molar-refractivity contribution in [3.05, 3.63) is 81.9 Å². The van der Waals surface area contributed by atoms with Crippen LogP contribution in [0.2, 0.25) is 5.02 Å². The van der Waals surface area contributed by atoms with E-state index in [1.807, 2.05) is 37.5 Å². The zero-order chi connectivity index (χ0) is 25.3. The van der Waals surface area contributed by atoms with Crippen molar-refractivity contribution < 1.29 is 9.13 Å². The van der Waals surface area contributed by atoms with E-state index < -0.39 is 0 Å².